The van der Waals surface area contributed by atoms with Gasteiger partial charge in [0.25, 0.3) is 0 Å². The van der Waals surface area contributed by atoms with Crippen molar-refractivity contribution in [2.45, 2.75) is 25.0 Å². The van der Waals surface area contributed by atoms with E-state index >= 15 is 0 Å². The Balaban J connectivity index is 1.75. The number of carbonyl (C=O) groups is 1. The molecular formula is C16H21ClN4O2S. The molecule has 1 heterocycles. The van der Waals surface area contributed by atoms with Crippen molar-refractivity contribution in [2.75, 3.05) is 26.0 Å². The van der Waals surface area contributed by atoms with E-state index < -0.39 is 0 Å². The number of carbonyl (C=O) groups excluding carboxylic acids is 1. The molecule has 0 unspecified atom stereocenters. The van der Waals surface area contributed by atoms with Gasteiger partial charge in [-0.2, -0.15) is 0 Å². The predicted molar refractivity (Wildman–Crippen MR) is 95.7 cm³/mol. The number of nitrogens with zero attached hydrogens (tertiary/aromatic N) is 4. The number of rotatable bonds is 8. The minimum atomic E-state index is 0.0213. The van der Waals surface area contributed by atoms with Crippen molar-refractivity contribution in [1.82, 2.24) is 19.7 Å². The Labute approximate surface area is 151 Å². The number of ether oxygens (including phenoxy) is 1. The molecule has 0 N–H and O–H groups in total. The normalized spacial score (nSPS) is 10.9. The zero-order chi connectivity index (χ0) is 17.5. The van der Waals surface area contributed by atoms with Crippen molar-refractivity contribution in [3.05, 3.63) is 35.6 Å². The van der Waals surface area contributed by atoms with Crippen molar-refractivity contribution in [2.24, 2.45) is 0 Å². The molecule has 1 aromatic carbocycles. The lowest BCUT2D eigenvalue weighted by molar-refractivity contribution is -0.127. The second-order valence-electron chi connectivity index (χ2n) is 5.52. The highest BCUT2D eigenvalue weighted by atomic mass is 35.5. The number of benzene rings is 1. The van der Waals surface area contributed by atoms with Crippen LogP contribution in [0.4, 0.5) is 0 Å². The van der Waals surface area contributed by atoms with E-state index in [4.69, 9.17) is 16.3 Å². The average molecular weight is 369 g/mol. The number of hydrogen-bond acceptors (Lipinski definition) is 5. The maximum atomic E-state index is 12.2. The molecule has 0 saturated heterocycles. The number of halogens is 1. The fourth-order valence-corrected chi connectivity index (χ4v) is 3.07. The SMILES string of the molecule is CC(C)n1cnnc1SCC(=O)N(C)CCOc1cccc(Cl)c1. The van der Waals surface area contributed by atoms with Crippen LogP contribution in [0.2, 0.25) is 5.02 Å². The van der Waals surface area contributed by atoms with E-state index in [1.807, 2.05) is 16.7 Å². The summed E-state index contributed by atoms with van der Waals surface area (Å²) in [6.07, 6.45) is 1.68. The van der Waals surface area contributed by atoms with Gasteiger partial charge < -0.3 is 14.2 Å². The topological polar surface area (TPSA) is 60.2 Å². The molecule has 0 aliphatic rings. The Morgan fingerprint density at radius 1 is 1.46 bits per heavy atom. The standard InChI is InChI=1S/C16H21ClN4O2S/c1-12(2)21-11-18-19-16(21)24-10-15(22)20(3)7-8-23-14-6-4-5-13(17)9-14/h4-6,9,11-12H,7-8,10H2,1-3H3. The van der Waals surface area contributed by atoms with Crippen LogP contribution in [0.25, 0.3) is 0 Å². The molecule has 6 nitrogen and oxygen atoms in total. The molecule has 0 radical (unpaired) electrons. The van der Waals surface area contributed by atoms with Gasteiger partial charge in [0, 0.05) is 18.1 Å². The quantitative estimate of drug-likeness (QED) is 0.670. The summed E-state index contributed by atoms with van der Waals surface area (Å²) in [7, 11) is 1.76. The molecule has 8 heteroatoms. The molecule has 2 rings (SSSR count). The van der Waals surface area contributed by atoms with Crippen molar-refractivity contribution < 1.29 is 9.53 Å². The summed E-state index contributed by atoms with van der Waals surface area (Å²) < 4.78 is 7.54. The maximum absolute atomic E-state index is 12.2. The summed E-state index contributed by atoms with van der Waals surface area (Å²) in [6, 6.07) is 7.47. The van der Waals surface area contributed by atoms with Crippen LogP contribution < -0.4 is 4.74 Å². The van der Waals surface area contributed by atoms with Crippen molar-refractivity contribution in [1.29, 1.82) is 0 Å². The van der Waals surface area contributed by atoms with Crippen LogP contribution in [0.15, 0.2) is 35.7 Å². The zero-order valence-electron chi connectivity index (χ0n) is 14.0. The van der Waals surface area contributed by atoms with Crippen LogP contribution in [0, 0.1) is 0 Å². The highest BCUT2D eigenvalue weighted by molar-refractivity contribution is 7.99. The molecule has 0 atom stereocenters. The lowest BCUT2D eigenvalue weighted by atomic mass is 10.3. The van der Waals surface area contributed by atoms with Gasteiger partial charge in [-0.25, -0.2) is 0 Å². The number of thioether (sulfide) groups is 1. The zero-order valence-corrected chi connectivity index (χ0v) is 15.5. The molecule has 0 saturated carbocycles. The summed E-state index contributed by atoms with van der Waals surface area (Å²) in [6.45, 7) is 5.02. The minimum absolute atomic E-state index is 0.0213. The van der Waals surface area contributed by atoms with Crippen molar-refractivity contribution in [3.8, 4) is 5.75 Å². The van der Waals surface area contributed by atoms with Gasteiger partial charge in [0.05, 0.1) is 12.3 Å². The summed E-state index contributed by atoms with van der Waals surface area (Å²) >= 11 is 7.29. The Morgan fingerprint density at radius 3 is 2.96 bits per heavy atom. The van der Waals surface area contributed by atoms with Crippen LogP contribution in [0.1, 0.15) is 19.9 Å². The first-order valence-electron chi connectivity index (χ1n) is 7.62. The van der Waals surface area contributed by atoms with Gasteiger partial charge in [-0.3, -0.25) is 4.79 Å². The second-order valence-corrected chi connectivity index (χ2v) is 6.90. The Bertz CT molecular complexity index is 678. The van der Waals surface area contributed by atoms with E-state index in [2.05, 4.69) is 24.0 Å². The molecule has 24 heavy (non-hydrogen) atoms. The van der Waals surface area contributed by atoms with Crippen LogP contribution in [-0.4, -0.2) is 51.5 Å². The van der Waals surface area contributed by atoms with Gasteiger partial charge in [-0.1, -0.05) is 29.4 Å². The van der Waals surface area contributed by atoms with E-state index in [0.717, 1.165) is 5.16 Å². The Hall–Kier alpha value is -1.73. The second kappa shape index (κ2) is 8.94. The lowest BCUT2D eigenvalue weighted by Crippen LogP contribution is -2.32. The first kappa shape index (κ1) is 18.6. The van der Waals surface area contributed by atoms with Crippen LogP contribution in [-0.2, 0) is 4.79 Å². The third-order valence-corrected chi connectivity index (χ3v) is 4.52. The average Bonchev–Trinajstić information content (AvgIpc) is 3.01. The smallest absolute Gasteiger partial charge is 0.232 e. The molecule has 0 aliphatic carbocycles. The highest BCUT2D eigenvalue weighted by Crippen LogP contribution is 2.19. The molecular weight excluding hydrogens is 348 g/mol. The Morgan fingerprint density at radius 2 is 2.25 bits per heavy atom. The van der Waals surface area contributed by atoms with E-state index in [-0.39, 0.29) is 11.9 Å². The third-order valence-electron chi connectivity index (χ3n) is 3.34. The van der Waals surface area contributed by atoms with Crippen LogP contribution in [0.3, 0.4) is 0 Å². The first-order valence-corrected chi connectivity index (χ1v) is 8.98. The number of likely N-dealkylation sites (N-methyl/N-ethyl adjacent to an activating group) is 1. The van der Waals surface area contributed by atoms with Gasteiger partial charge in [0.1, 0.15) is 18.7 Å². The number of hydrogen-bond donors (Lipinski definition) is 0. The monoisotopic (exact) mass is 368 g/mol. The van der Waals surface area contributed by atoms with Crippen LogP contribution >= 0.6 is 23.4 Å². The van der Waals surface area contributed by atoms with Gasteiger partial charge in [-0.15, -0.1) is 10.2 Å². The molecule has 0 bridgehead atoms. The summed E-state index contributed by atoms with van der Waals surface area (Å²) in [5.41, 5.74) is 0. The van der Waals surface area contributed by atoms with Crippen molar-refractivity contribution in [3.63, 3.8) is 0 Å². The van der Waals surface area contributed by atoms with E-state index in [0.29, 0.717) is 29.7 Å². The molecule has 130 valence electrons. The summed E-state index contributed by atoms with van der Waals surface area (Å²) in [4.78, 5) is 13.8. The highest BCUT2D eigenvalue weighted by Gasteiger charge is 2.13. The minimum Gasteiger partial charge on any atom is -0.492 e. The molecule has 1 aromatic heterocycles. The van der Waals surface area contributed by atoms with Crippen molar-refractivity contribution >= 4 is 29.3 Å². The van der Waals surface area contributed by atoms with E-state index in [9.17, 15) is 4.79 Å². The van der Waals surface area contributed by atoms with E-state index in [1.54, 1.807) is 30.4 Å². The molecule has 1 amide bonds. The fourth-order valence-electron chi connectivity index (χ4n) is 1.91. The number of amides is 1. The molecule has 2 aromatic rings. The summed E-state index contributed by atoms with van der Waals surface area (Å²) in [5, 5.41) is 9.32. The lowest BCUT2D eigenvalue weighted by Gasteiger charge is -2.17. The predicted octanol–water partition coefficient (Wildman–Crippen LogP) is 3.14. The van der Waals surface area contributed by atoms with Gasteiger partial charge in [0.2, 0.25) is 5.91 Å². The fraction of sp³-hybridized carbons (Fsp3) is 0.438. The maximum Gasteiger partial charge on any atom is 0.232 e. The van der Waals surface area contributed by atoms with Crippen LogP contribution in [0.5, 0.6) is 5.75 Å². The third kappa shape index (κ3) is 5.42. The number of aromatic nitrogens is 3. The Kier molecular flexibility index (Phi) is 6.93. The molecule has 0 aliphatic heterocycles. The molecule has 0 fully saturated rings. The van der Waals surface area contributed by atoms with Gasteiger partial charge in [-0.05, 0) is 32.0 Å². The first-order chi connectivity index (χ1) is 11.5. The van der Waals surface area contributed by atoms with E-state index in [1.165, 1.54) is 11.8 Å². The molecule has 0 spiro atoms. The largest absolute Gasteiger partial charge is 0.492 e. The summed E-state index contributed by atoms with van der Waals surface area (Å²) in [5.74, 6) is 1.04. The van der Waals surface area contributed by atoms with Gasteiger partial charge >= 0.3 is 0 Å². The van der Waals surface area contributed by atoms with Gasteiger partial charge in [0.15, 0.2) is 5.16 Å².